The molecule has 2 aromatic carbocycles. The number of amides is 1. The average molecular weight is 450 g/mol. The number of thiazole rings is 1. The maximum atomic E-state index is 13.5. The van der Waals surface area contributed by atoms with Crippen molar-refractivity contribution in [1.29, 1.82) is 0 Å². The van der Waals surface area contributed by atoms with Gasteiger partial charge < -0.3 is 19.3 Å². The zero-order chi connectivity index (χ0) is 22.4. The van der Waals surface area contributed by atoms with Crippen molar-refractivity contribution >= 4 is 22.4 Å². The highest BCUT2D eigenvalue weighted by Crippen LogP contribution is 2.30. The minimum Gasteiger partial charge on any atom is -0.465 e. The second-order valence-electron chi connectivity index (χ2n) is 6.35. The number of nitrogens with one attached hydrogen (secondary N) is 1. The van der Waals surface area contributed by atoms with Gasteiger partial charge >= 0.3 is 0 Å². The lowest BCUT2D eigenvalue weighted by molar-refractivity contribution is -0.0549. The maximum Gasteiger partial charge on any atom is 0.257 e. The van der Waals surface area contributed by atoms with Gasteiger partial charge in [0.15, 0.2) is 11.4 Å². The summed E-state index contributed by atoms with van der Waals surface area (Å²) in [5.74, 6) is -1.78. The number of benzene rings is 2. The van der Waals surface area contributed by atoms with E-state index >= 15 is 0 Å². The molecule has 0 radical (unpaired) electrons. The number of hydrogen-bond donors (Lipinski definition) is 2. The molecule has 1 atom stereocenters. The first-order chi connectivity index (χ1) is 14.9. The number of methoxy groups -OCH3 is 1. The molecule has 0 saturated carbocycles. The lowest BCUT2D eigenvalue weighted by atomic mass is 10.2. The molecule has 0 bridgehead atoms. The standard InChI is InChI=1S/C21H20F2N2O5S/c1-3-19(28-2)30-17-5-12(20(27)25-21-24-15(10-26)11-31-21)4-16(9-17)29-18-7-13(22)6-14(23)8-18/h4-9,11,19,26H,3,10H2,1-2H3,(H,24,25,27). The van der Waals surface area contributed by atoms with E-state index in [4.69, 9.17) is 19.3 Å². The Hall–Kier alpha value is -3.08. The third-order valence-corrected chi connectivity index (χ3v) is 4.82. The van der Waals surface area contributed by atoms with E-state index in [0.29, 0.717) is 17.2 Å². The van der Waals surface area contributed by atoms with Crippen LogP contribution in [0.25, 0.3) is 0 Å². The van der Waals surface area contributed by atoms with Gasteiger partial charge in [0, 0.05) is 48.7 Å². The largest absolute Gasteiger partial charge is 0.465 e. The highest BCUT2D eigenvalue weighted by Gasteiger charge is 2.15. The Morgan fingerprint density at radius 3 is 2.42 bits per heavy atom. The van der Waals surface area contributed by atoms with Gasteiger partial charge in [0.1, 0.15) is 28.9 Å². The minimum absolute atomic E-state index is 0.0766. The van der Waals surface area contributed by atoms with Gasteiger partial charge in [-0.05, 0) is 12.1 Å². The molecule has 3 aromatic rings. The van der Waals surface area contributed by atoms with Crippen molar-refractivity contribution in [2.75, 3.05) is 12.4 Å². The zero-order valence-electron chi connectivity index (χ0n) is 16.7. The van der Waals surface area contributed by atoms with E-state index < -0.39 is 23.8 Å². The monoisotopic (exact) mass is 450 g/mol. The van der Waals surface area contributed by atoms with Gasteiger partial charge in [-0.1, -0.05) is 6.92 Å². The van der Waals surface area contributed by atoms with Crippen molar-refractivity contribution in [2.24, 2.45) is 0 Å². The molecule has 3 rings (SSSR count). The van der Waals surface area contributed by atoms with Crippen LogP contribution in [0.15, 0.2) is 41.8 Å². The summed E-state index contributed by atoms with van der Waals surface area (Å²) < 4.78 is 43.5. The number of nitrogens with zero attached hydrogens (tertiary/aromatic N) is 1. The fourth-order valence-corrected chi connectivity index (χ4v) is 3.31. The van der Waals surface area contributed by atoms with Crippen molar-refractivity contribution in [3.8, 4) is 17.2 Å². The topological polar surface area (TPSA) is 89.9 Å². The Balaban J connectivity index is 1.90. The molecule has 0 spiro atoms. The summed E-state index contributed by atoms with van der Waals surface area (Å²) in [5, 5.41) is 13.7. The van der Waals surface area contributed by atoms with Crippen molar-refractivity contribution < 1.29 is 32.9 Å². The van der Waals surface area contributed by atoms with E-state index in [0.717, 1.165) is 29.5 Å². The molecule has 31 heavy (non-hydrogen) atoms. The predicted octanol–water partition coefficient (Wildman–Crippen LogP) is 4.72. The van der Waals surface area contributed by atoms with Crippen LogP contribution in [-0.2, 0) is 11.3 Å². The lowest BCUT2D eigenvalue weighted by Gasteiger charge is -2.17. The molecular weight excluding hydrogens is 430 g/mol. The van der Waals surface area contributed by atoms with E-state index in [2.05, 4.69) is 10.3 Å². The number of carbonyl (C=O) groups excluding carboxylic acids is 1. The quantitative estimate of drug-likeness (QED) is 0.459. The molecule has 1 amide bonds. The molecule has 7 nitrogen and oxygen atoms in total. The number of carbonyl (C=O) groups is 1. The first-order valence-corrected chi connectivity index (χ1v) is 10.1. The van der Waals surface area contributed by atoms with Crippen LogP contribution in [0.5, 0.6) is 17.2 Å². The number of anilines is 1. The number of hydrogen-bond acceptors (Lipinski definition) is 7. The molecule has 0 aliphatic heterocycles. The summed E-state index contributed by atoms with van der Waals surface area (Å²) >= 11 is 1.16. The van der Waals surface area contributed by atoms with Gasteiger partial charge in [-0.3, -0.25) is 10.1 Å². The smallest absolute Gasteiger partial charge is 0.257 e. The van der Waals surface area contributed by atoms with Gasteiger partial charge in [0.25, 0.3) is 5.91 Å². The Labute approximate surface area is 181 Å². The Morgan fingerprint density at radius 2 is 1.81 bits per heavy atom. The van der Waals surface area contributed by atoms with Gasteiger partial charge in [-0.25, -0.2) is 13.8 Å². The average Bonchev–Trinajstić information content (AvgIpc) is 3.18. The van der Waals surface area contributed by atoms with Crippen LogP contribution >= 0.6 is 11.3 Å². The number of rotatable bonds is 9. The van der Waals surface area contributed by atoms with Crippen molar-refractivity contribution in [3.63, 3.8) is 0 Å². The van der Waals surface area contributed by atoms with Crippen LogP contribution in [0, 0.1) is 11.6 Å². The molecular formula is C21H20F2N2O5S. The molecule has 2 N–H and O–H groups in total. The van der Waals surface area contributed by atoms with Crippen LogP contribution in [0.2, 0.25) is 0 Å². The highest BCUT2D eigenvalue weighted by molar-refractivity contribution is 7.13. The summed E-state index contributed by atoms with van der Waals surface area (Å²) in [6, 6.07) is 7.13. The second-order valence-corrected chi connectivity index (χ2v) is 7.21. The molecule has 1 heterocycles. The first kappa shape index (κ1) is 22.6. The molecule has 1 unspecified atom stereocenters. The summed E-state index contributed by atoms with van der Waals surface area (Å²) in [6.45, 7) is 1.62. The molecule has 0 saturated heterocycles. The lowest BCUT2D eigenvalue weighted by Crippen LogP contribution is -2.18. The Bertz CT molecular complexity index is 1040. The first-order valence-electron chi connectivity index (χ1n) is 9.25. The zero-order valence-corrected chi connectivity index (χ0v) is 17.5. The maximum absolute atomic E-state index is 13.5. The van der Waals surface area contributed by atoms with Crippen molar-refractivity contribution in [1.82, 2.24) is 4.98 Å². The van der Waals surface area contributed by atoms with Gasteiger partial charge in [-0.2, -0.15) is 0 Å². The van der Waals surface area contributed by atoms with E-state index in [-0.39, 0.29) is 29.4 Å². The molecule has 10 heteroatoms. The fraction of sp³-hybridized carbons (Fsp3) is 0.238. The highest BCUT2D eigenvalue weighted by atomic mass is 32.1. The molecule has 0 fully saturated rings. The van der Waals surface area contributed by atoms with Gasteiger partial charge in [0.2, 0.25) is 0 Å². The normalized spacial score (nSPS) is 11.8. The number of aromatic nitrogens is 1. The van der Waals surface area contributed by atoms with Crippen LogP contribution in [0.4, 0.5) is 13.9 Å². The predicted molar refractivity (Wildman–Crippen MR) is 111 cm³/mol. The Morgan fingerprint density at radius 1 is 1.13 bits per heavy atom. The van der Waals surface area contributed by atoms with Crippen LogP contribution < -0.4 is 14.8 Å². The summed E-state index contributed by atoms with van der Waals surface area (Å²) in [5.41, 5.74) is 0.594. The second kappa shape index (κ2) is 10.3. The van der Waals surface area contributed by atoms with E-state index in [1.807, 2.05) is 6.92 Å². The molecule has 1 aromatic heterocycles. The number of aliphatic hydroxyl groups excluding tert-OH is 1. The third-order valence-electron chi connectivity index (χ3n) is 4.01. The minimum atomic E-state index is -0.797. The third kappa shape index (κ3) is 6.20. The van der Waals surface area contributed by atoms with Gasteiger partial charge in [0.05, 0.1) is 12.3 Å². The van der Waals surface area contributed by atoms with Gasteiger partial charge in [-0.15, -0.1) is 11.3 Å². The molecule has 0 aliphatic carbocycles. The van der Waals surface area contributed by atoms with Crippen LogP contribution in [0.3, 0.4) is 0 Å². The summed E-state index contributed by atoms with van der Waals surface area (Å²) in [6.07, 6.45) is -0.0229. The van der Waals surface area contributed by atoms with E-state index in [9.17, 15) is 13.6 Å². The van der Waals surface area contributed by atoms with Crippen molar-refractivity contribution in [2.45, 2.75) is 26.2 Å². The summed E-state index contributed by atoms with van der Waals surface area (Å²) in [4.78, 5) is 16.8. The summed E-state index contributed by atoms with van der Waals surface area (Å²) in [7, 11) is 1.48. The van der Waals surface area contributed by atoms with E-state index in [1.165, 1.54) is 25.3 Å². The van der Waals surface area contributed by atoms with E-state index in [1.54, 1.807) is 5.38 Å². The SMILES string of the molecule is CCC(OC)Oc1cc(Oc2cc(F)cc(F)c2)cc(C(=O)Nc2nc(CO)cs2)c1. The molecule has 164 valence electrons. The fourth-order valence-electron chi connectivity index (χ4n) is 2.61. The number of halogens is 2. The number of ether oxygens (including phenoxy) is 3. The van der Waals surface area contributed by atoms with Crippen molar-refractivity contribution in [3.05, 3.63) is 64.7 Å². The Kier molecular flexibility index (Phi) is 7.50. The van der Waals surface area contributed by atoms with Crippen LogP contribution in [0.1, 0.15) is 29.4 Å². The number of aliphatic hydroxyl groups is 1. The molecule has 0 aliphatic rings. The van der Waals surface area contributed by atoms with Crippen LogP contribution in [-0.4, -0.2) is 29.4 Å².